The lowest BCUT2D eigenvalue weighted by Crippen LogP contribution is -2.40. The van der Waals surface area contributed by atoms with E-state index >= 15 is 0 Å². The zero-order valence-corrected chi connectivity index (χ0v) is 9.61. The van der Waals surface area contributed by atoms with Gasteiger partial charge in [-0.25, -0.2) is 0 Å². The predicted molar refractivity (Wildman–Crippen MR) is 57.9 cm³/mol. The van der Waals surface area contributed by atoms with Gasteiger partial charge in [-0.05, 0) is 19.8 Å². The van der Waals surface area contributed by atoms with Crippen molar-refractivity contribution in [3.05, 3.63) is 12.2 Å². The molecule has 0 aromatic rings. The lowest BCUT2D eigenvalue weighted by molar-refractivity contribution is -0.122. The zero-order chi connectivity index (χ0) is 9.90. The normalized spacial score (nSPS) is 19.8. The van der Waals surface area contributed by atoms with Crippen LogP contribution in [-0.2, 0) is 4.79 Å². The number of alkyl halides is 1. The molecule has 0 radical (unpaired) electrons. The fraction of sp³-hybridized carbons (Fsp3) is 0.700. The van der Waals surface area contributed by atoms with Gasteiger partial charge in [0.15, 0.2) is 0 Å². The van der Waals surface area contributed by atoms with Crippen molar-refractivity contribution in [2.45, 2.75) is 36.9 Å². The van der Waals surface area contributed by atoms with Gasteiger partial charge >= 0.3 is 0 Å². The van der Waals surface area contributed by atoms with Crippen molar-refractivity contribution in [1.29, 1.82) is 0 Å². The van der Waals surface area contributed by atoms with Crippen molar-refractivity contribution in [3.8, 4) is 0 Å². The topological polar surface area (TPSA) is 29.1 Å². The predicted octanol–water partition coefficient (Wildman–Crippen LogP) is 2.39. The van der Waals surface area contributed by atoms with Crippen molar-refractivity contribution in [2.24, 2.45) is 0 Å². The maximum Gasteiger partial charge on any atom is 0.237 e. The summed E-state index contributed by atoms with van der Waals surface area (Å²) < 4.78 is -0.289. The van der Waals surface area contributed by atoms with Crippen LogP contribution in [0.1, 0.15) is 32.6 Å². The van der Waals surface area contributed by atoms with Gasteiger partial charge in [0, 0.05) is 6.54 Å². The summed E-state index contributed by atoms with van der Waals surface area (Å²) in [5.74, 6) is 0.119. The van der Waals surface area contributed by atoms with E-state index in [0.29, 0.717) is 6.54 Å². The number of nitrogens with one attached hydrogen (secondary N) is 1. The van der Waals surface area contributed by atoms with Gasteiger partial charge in [0.05, 0.1) is 0 Å². The molecule has 0 spiro atoms. The minimum Gasteiger partial charge on any atom is -0.351 e. The van der Waals surface area contributed by atoms with Crippen molar-refractivity contribution >= 4 is 21.8 Å². The molecule has 3 heteroatoms. The monoisotopic (exact) mass is 245 g/mol. The Labute approximate surface area is 87.9 Å². The van der Waals surface area contributed by atoms with Crippen LogP contribution in [0.25, 0.3) is 0 Å². The molecule has 74 valence electrons. The molecule has 1 aliphatic rings. The molecule has 0 aliphatic heterocycles. The van der Waals surface area contributed by atoms with Gasteiger partial charge in [-0.3, -0.25) is 4.79 Å². The smallest absolute Gasteiger partial charge is 0.237 e. The second-order valence-corrected chi connectivity index (χ2v) is 5.33. The van der Waals surface area contributed by atoms with Crippen LogP contribution in [0.2, 0.25) is 0 Å². The molecular formula is C10H16BrNO. The van der Waals surface area contributed by atoms with Crippen molar-refractivity contribution in [2.75, 3.05) is 6.54 Å². The van der Waals surface area contributed by atoms with Crippen molar-refractivity contribution in [3.63, 3.8) is 0 Å². The van der Waals surface area contributed by atoms with Crippen LogP contribution in [0, 0.1) is 0 Å². The Hall–Kier alpha value is -0.310. The van der Waals surface area contributed by atoms with E-state index in [2.05, 4.69) is 27.8 Å². The van der Waals surface area contributed by atoms with E-state index in [4.69, 9.17) is 0 Å². The Morgan fingerprint density at radius 1 is 1.54 bits per heavy atom. The highest BCUT2D eigenvalue weighted by Crippen LogP contribution is 2.37. The number of halogens is 1. The van der Waals surface area contributed by atoms with E-state index in [1.807, 2.05) is 6.92 Å². The molecule has 1 rings (SSSR count). The molecular weight excluding hydrogens is 230 g/mol. The van der Waals surface area contributed by atoms with E-state index in [1.54, 1.807) is 0 Å². The van der Waals surface area contributed by atoms with Crippen LogP contribution in [0.4, 0.5) is 0 Å². The zero-order valence-electron chi connectivity index (χ0n) is 8.03. The number of amides is 1. The van der Waals surface area contributed by atoms with Gasteiger partial charge in [0.25, 0.3) is 0 Å². The van der Waals surface area contributed by atoms with E-state index in [1.165, 1.54) is 0 Å². The summed E-state index contributed by atoms with van der Waals surface area (Å²) in [6.07, 6.45) is 4.20. The first-order valence-corrected chi connectivity index (χ1v) is 5.45. The minimum absolute atomic E-state index is 0.119. The number of carbonyl (C=O) groups is 1. The standard InChI is InChI=1S/C10H16BrNO/c1-8(2)7-12-9(13)10(11)5-3-4-6-10/h1,3-7H2,2H3,(H,12,13). The third kappa shape index (κ3) is 2.83. The van der Waals surface area contributed by atoms with Gasteiger partial charge < -0.3 is 5.32 Å². The molecule has 1 amide bonds. The van der Waals surface area contributed by atoms with Crippen LogP contribution in [0.3, 0.4) is 0 Å². The van der Waals surface area contributed by atoms with E-state index in [9.17, 15) is 4.79 Å². The second kappa shape index (κ2) is 4.27. The third-order valence-corrected chi connectivity index (χ3v) is 3.51. The summed E-state index contributed by atoms with van der Waals surface area (Å²) in [7, 11) is 0. The van der Waals surface area contributed by atoms with Crippen LogP contribution < -0.4 is 5.32 Å². The Balaban J connectivity index is 2.42. The van der Waals surface area contributed by atoms with Crippen molar-refractivity contribution in [1.82, 2.24) is 5.32 Å². The van der Waals surface area contributed by atoms with E-state index < -0.39 is 0 Å². The average molecular weight is 246 g/mol. The lowest BCUT2D eigenvalue weighted by Gasteiger charge is -2.20. The molecule has 0 saturated heterocycles. The maximum atomic E-state index is 11.7. The van der Waals surface area contributed by atoms with E-state index in [0.717, 1.165) is 31.3 Å². The summed E-state index contributed by atoms with van der Waals surface area (Å²) in [5.41, 5.74) is 0.988. The molecule has 1 N–H and O–H groups in total. The van der Waals surface area contributed by atoms with Gasteiger partial charge in [-0.1, -0.05) is 40.9 Å². The molecule has 0 aromatic heterocycles. The Kier molecular flexibility index (Phi) is 3.54. The molecule has 1 saturated carbocycles. The lowest BCUT2D eigenvalue weighted by atomic mass is 10.1. The SMILES string of the molecule is C=C(C)CNC(=O)C1(Br)CCCC1. The summed E-state index contributed by atoms with van der Waals surface area (Å²) in [5, 5.41) is 2.88. The summed E-state index contributed by atoms with van der Waals surface area (Å²) in [6, 6.07) is 0. The second-order valence-electron chi connectivity index (χ2n) is 3.81. The number of rotatable bonds is 3. The fourth-order valence-corrected chi connectivity index (χ4v) is 2.25. The maximum absolute atomic E-state index is 11.7. The molecule has 13 heavy (non-hydrogen) atoms. The molecule has 0 atom stereocenters. The summed E-state index contributed by atoms with van der Waals surface area (Å²) in [4.78, 5) is 11.7. The molecule has 0 unspecified atom stereocenters. The van der Waals surface area contributed by atoms with Crippen LogP contribution in [-0.4, -0.2) is 16.8 Å². The number of hydrogen-bond acceptors (Lipinski definition) is 1. The first-order valence-electron chi connectivity index (χ1n) is 4.66. The quantitative estimate of drug-likeness (QED) is 0.601. The molecule has 0 heterocycles. The Morgan fingerprint density at radius 2 is 2.08 bits per heavy atom. The van der Waals surface area contributed by atoms with Crippen LogP contribution >= 0.6 is 15.9 Å². The molecule has 1 fully saturated rings. The van der Waals surface area contributed by atoms with Gasteiger partial charge in [-0.2, -0.15) is 0 Å². The fourth-order valence-electron chi connectivity index (χ4n) is 1.55. The van der Waals surface area contributed by atoms with Gasteiger partial charge in [0.1, 0.15) is 4.32 Å². The van der Waals surface area contributed by atoms with Crippen molar-refractivity contribution < 1.29 is 4.79 Å². The highest BCUT2D eigenvalue weighted by atomic mass is 79.9. The summed E-state index contributed by atoms with van der Waals surface area (Å²) in [6.45, 7) is 6.25. The largest absolute Gasteiger partial charge is 0.351 e. The Bertz CT molecular complexity index is 219. The average Bonchev–Trinajstić information content (AvgIpc) is 2.49. The highest BCUT2D eigenvalue weighted by Gasteiger charge is 2.37. The van der Waals surface area contributed by atoms with Gasteiger partial charge in [0.2, 0.25) is 5.91 Å². The van der Waals surface area contributed by atoms with Gasteiger partial charge in [-0.15, -0.1) is 0 Å². The minimum atomic E-state index is -0.289. The number of carbonyl (C=O) groups excluding carboxylic acids is 1. The molecule has 0 aromatic carbocycles. The Morgan fingerprint density at radius 3 is 2.54 bits per heavy atom. The summed E-state index contributed by atoms with van der Waals surface area (Å²) >= 11 is 3.52. The van der Waals surface area contributed by atoms with Crippen LogP contribution in [0.15, 0.2) is 12.2 Å². The third-order valence-electron chi connectivity index (χ3n) is 2.35. The molecule has 1 aliphatic carbocycles. The molecule has 2 nitrogen and oxygen atoms in total. The first-order chi connectivity index (χ1) is 6.04. The first kappa shape index (κ1) is 10.8. The van der Waals surface area contributed by atoms with Crippen LogP contribution in [0.5, 0.6) is 0 Å². The highest BCUT2D eigenvalue weighted by molar-refractivity contribution is 9.10. The number of hydrogen-bond donors (Lipinski definition) is 1. The van der Waals surface area contributed by atoms with E-state index in [-0.39, 0.29) is 10.2 Å². The molecule has 0 bridgehead atoms.